The van der Waals surface area contributed by atoms with Crippen molar-refractivity contribution in [3.63, 3.8) is 0 Å². The van der Waals surface area contributed by atoms with Crippen LogP contribution in [-0.4, -0.2) is 67.9 Å². The van der Waals surface area contributed by atoms with Crippen LogP contribution in [0.4, 0.5) is 0 Å². The number of hydrogen-bond acceptors (Lipinski definition) is 7. The van der Waals surface area contributed by atoms with Crippen LogP contribution in [0.2, 0.25) is 0 Å². The fourth-order valence-electron chi connectivity index (χ4n) is 3.66. The fourth-order valence-corrected chi connectivity index (χ4v) is 5.28. The molecule has 208 valence electrons. The maximum Gasteiger partial charge on any atom is 0.249 e. The van der Waals surface area contributed by atoms with Gasteiger partial charge in [0.1, 0.15) is 21.7 Å². The van der Waals surface area contributed by atoms with E-state index in [1.165, 1.54) is 0 Å². The third kappa shape index (κ3) is 12.8. The molecule has 0 fully saturated rings. The van der Waals surface area contributed by atoms with Crippen molar-refractivity contribution in [1.29, 1.82) is 0 Å². The standard InChI is InChI=1S/C27H40N2O6S.ClH/c1-20(2)12-14-36(33,34)15-13-25(30)27(32)29-24(17-21-8-5-4-6-9-21)26(31)19-28-18-22-10-7-11-23(16-22)35-3;/h4-11,16,20,24-26,28,30-31H,12-15,17-19H2,1-3H3,(H,29,32);1H/t24-,25?,26+;/m0./s1. The Bertz CT molecular complexity index is 1040. The summed E-state index contributed by atoms with van der Waals surface area (Å²) in [4.78, 5) is 12.7. The summed E-state index contributed by atoms with van der Waals surface area (Å²) < 4.78 is 29.7. The van der Waals surface area contributed by atoms with Crippen molar-refractivity contribution in [2.24, 2.45) is 5.92 Å². The highest BCUT2D eigenvalue weighted by atomic mass is 35.5. The van der Waals surface area contributed by atoms with Gasteiger partial charge in [-0.25, -0.2) is 8.42 Å². The number of carbonyl (C=O) groups is 1. The van der Waals surface area contributed by atoms with Gasteiger partial charge in [0.25, 0.3) is 0 Å². The van der Waals surface area contributed by atoms with Gasteiger partial charge in [-0.2, -0.15) is 0 Å². The first kappa shape index (κ1) is 32.9. The first-order valence-electron chi connectivity index (χ1n) is 12.3. The number of carbonyl (C=O) groups excluding carboxylic acids is 1. The number of methoxy groups -OCH3 is 1. The number of ether oxygens (including phenoxy) is 1. The van der Waals surface area contributed by atoms with Gasteiger partial charge in [-0.3, -0.25) is 4.79 Å². The number of benzene rings is 2. The molecule has 1 unspecified atom stereocenters. The normalized spacial score (nSPS) is 13.9. The van der Waals surface area contributed by atoms with Gasteiger partial charge in [0.05, 0.1) is 30.8 Å². The first-order chi connectivity index (χ1) is 17.1. The summed E-state index contributed by atoms with van der Waals surface area (Å²) in [5, 5.41) is 27.1. The second-order valence-electron chi connectivity index (χ2n) is 9.49. The van der Waals surface area contributed by atoms with Gasteiger partial charge >= 0.3 is 0 Å². The van der Waals surface area contributed by atoms with Crippen LogP contribution in [0.15, 0.2) is 54.6 Å². The number of rotatable bonds is 16. The van der Waals surface area contributed by atoms with E-state index in [0.717, 1.165) is 16.9 Å². The minimum atomic E-state index is -3.35. The molecule has 0 spiro atoms. The van der Waals surface area contributed by atoms with Gasteiger partial charge in [-0.15, -0.1) is 12.4 Å². The van der Waals surface area contributed by atoms with E-state index in [0.29, 0.717) is 19.4 Å². The predicted octanol–water partition coefficient (Wildman–Crippen LogP) is 2.51. The molecular weight excluding hydrogens is 516 g/mol. The highest BCUT2D eigenvalue weighted by Crippen LogP contribution is 2.13. The van der Waals surface area contributed by atoms with Crippen LogP contribution < -0.4 is 15.4 Å². The van der Waals surface area contributed by atoms with Crippen LogP contribution in [0.5, 0.6) is 5.75 Å². The summed E-state index contributed by atoms with van der Waals surface area (Å²) in [5.74, 6) is 0.0761. The van der Waals surface area contributed by atoms with Crippen molar-refractivity contribution in [3.05, 3.63) is 65.7 Å². The highest BCUT2D eigenvalue weighted by Gasteiger charge is 2.26. The number of aliphatic hydroxyl groups excluding tert-OH is 2. The molecule has 0 aromatic heterocycles. The lowest BCUT2D eigenvalue weighted by molar-refractivity contribution is -0.131. The number of halogens is 1. The van der Waals surface area contributed by atoms with Crippen molar-refractivity contribution >= 4 is 28.2 Å². The van der Waals surface area contributed by atoms with Crippen LogP contribution in [0.3, 0.4) is 0 Å². The summed E-state index contributed by atoms with van der Waals surface area (Å²) in [7, 11) is -1.75. The van der Waals surface area contributed by atoms with Gasteiger partial charge in [-0.1, -0.05) is 56.3 Å². The minimum absolute atomic E-state index is 0. The summed E-state index contributed by atoms with van der Waals surface area (Å²) >= 11 is 0. The summed E-state index contributed by atoms with van der Waals surface area (Å²) in [5.41, 5.74) is 1.90. The largest absolute Gasteiger partial charge is 0.497 e. The molecule has 0 saturated carbocycles. The Balaban J connectivity index is 0.00000684. The van der Waals surface area contributed by atoms with Gasteiger partial charge in [0, 0.05) is 13.1 Å². The SMILES string of the molecule is COc1cccc(CNC[C@@H](O)[C@H](Cc2ccccc2)NC(=O)C(O)CCS(=O)(=O)CCC(C)C)c1.Cl. The number of sulfone groups is 1. The van der Waals surface area contributed by atoms with E-state index in [-0.39, 0.29) is 42.8 Å². The van der Waals surface area contributed by atoms with E-state index < -0.39 is 34.0 Å². The lowest BCUT2D eigenvalue weighted by Crippen LogP contribution is -2.51. The number of amides is 1. The fraction of sp³-hybridized carbons (Fsp3) is 0.519. The summed E-state index contributed by atoms with van der Waals surface area (Å²) in [6.45, 7) is 4.59. The third-order valence-electron chi connectivity index (χ3n) is 5.92. The van der Waals surface area contributed by atoms with E-state index in [1.54, 1.807) is 7.11 Å². The van der Waals surface area contributed by atoms with Crippen molar-refractivity contribution < 1.29 is 28.2 Å². The Kier molecular flexibility index (Phi) is 14.8. The van der Waals surface area contributed by atoms with Crippen LogP contribution >= 0.6 is 12.4 Å². The van der Waals surface area contributed by atoms with E-state index in [1.807, 2.05) is 68.4 Å². The third-order valence-corrected chi connectivity index (χ3v) is 7.63. The van der Waals surface area contributed by atoms with Crippen LogP contribution in [0.25, 0.3) is 0 Å². The number of nitrogens with one attached hydrogen (secondary N) is 2. The molecule has 2 aromatic carbocycles. The number of hydrogen-bond donors (Lipinski definition) is 4. The molecule has 0 aliphatic carbocycles. The lowest BCUT2D eigenvalue weighted by atomic mass is 10.0. The summed E-state index contributed by atoms with van der Waals surface area (Å²) in [6.07, 6.45) is -1.71. The van der Waals surface area contributed by atoms with Crippen molar-refractivity contribution in [3.8, 4) is 5.75 Å². The van der Waals surface area contributed by atoms with Gasteiger partial charge in [0.15, 0.2) is 0 Å². The summed E-state index contributed by atoms with van der Waals surface area (Å²) in [6, 6.07) is 16.3. The van der Waals surface area contributed by atoms with Crippen LogP contribution in [0, 0.1) is 5.92 Å². The zero-order valence-electron chi connectivity index (χ0n) is 21.8. The molecule has 10 heteroatoms. The van der Waals surface area contributed by atoms with Gasteiger partial charge in [-0.05, 0) is 48.4 Å². The lowest BCUT2D eigenvalue weighted by Gasteiger charge is -2.26. The molecule has 4 N–H and O–H groups in total. The Hall–Kier alpha value is -2.17. The highest BCUT2D eigenvalue weighted by molar-refractivity contribution is 7.91. The quantitative estimate of drug-likeness (QED) is 0.250. The molecule has 1 amide bonds. The minimum Gasteiger partial charge on any atom is -0.497 e. The van der Waals surface area contributed by atoms with E-state index in [4.69, 9.17) is 4.74 Å². The Morgan fingerprint density at radius 2 is 1.62 bits per heavy atom. The molecule has 37 heavy (non-hydrogen) atoms. The molecule has 0 saturated heterocycles. The Morgan fingerprint density at radius 1 is 0.973 bits per heavy atom. The molecule has 0 heterocycles. The van der Waals surface area contributed by atoms with Crippen molar-refractivity contribution in [1.82, 2.24) is 10.6 Å². The predicted molar refractivity (Wildman–Crippen MR) is 149 cm³/mol. The molecule has 2 rings (SSSR count). The zero-order chi connectivity index (χ0) is 26.6. The maximum atomic E-state index is 12.7. The van der Waals surface area contributed by atoms with Crippen molar-refractivity contribution in [2.45, 2.75) is 57.9 Å². The van der Waals surface area contributed by atoms with E-state index in [2.05, 4.69) is 10.6 Å². The molecular formula is C27H41ClN2O6S. The van der Waals surface area contributed by atoms with Gasteiger partial charge in [0.2, 0.25) is 5.91 Å². The van der Waals surface area contributed by atoms with Crippen LogP contribution in [0.1, 0.15) is 37.8 Å². The van der Waals surface area contributed by atoms with E-state index >= 15 is 0 Å². The van der Waals surface area contributed by atoms with Crippen molar-refractivity contribution in [2.75, 3.05) is 25.2 Å². The van der Waals surface area contributed by atoms with E-state index in [9.17, 15) is 23.4 Å². The second-order valence-corrected chi connectivity index (χ2v) is 11.8. The Labute approximate surface area is 227 Å². The molecule has 0 aliphatic rings. The molecule has 2 aromatic rings. The number of aliphatic hydroxyl groups is 2. The second kappa shape index (κ2) is 16.6. The maximum absolute atomic E-state index is 12.7. The smallest absolute Gasteiger partial charge is 0.249 e. The van der Waals surface area contributed by atoms with Crippen LogP contribution in [-0.2, 0) is 27.6 Å². The molecule has 0 radical (unpaired) electrons. The molecule has 3 atom stereocenters. The zero-order valence-corrected chi connectivity index (χ0v) is 23.4. The average Bonchev–Trinajstić information content (AvgIpc) is 2.86. The topological polar surface area (TPSA) is 125 Å². The Morgan fingerprint density at radius 3 is 2.27 bits per heavy atom. The molecule has 0 bridgehead atoms. The first-order valence-corrected chi connectivity index (χ1v) is 14.2. The molecule has 0 aliphatic heterocycles. The van der Waals surface area contributed by atoms with Gasteiger partial charge < -0.3 is 25.6 Å². The molecule has 8 nitrogen and oxygen atoms in total. The monoisotopic (exact) mass is 556 g/mol. The average molecular weight is 557 g/mol.